The van der Waals surface area contributed by atoms with Gasteiger partial charge >= 0.3 is 6.09 Å². The van der Waals surface area contributed by atoms with E-state index in [0.29, 0.717) is 16.3 Å². The quantitative estimate of drug-likeness (QED) is 0.535. The van der Waals surface area contributed by atoms with Crippen molar-refractivity contribution >= 4 is 35.4 Å². The fourth-order valence-electron chi connectivity index (χ4n) is 4.77. The first kappa shape index (κ1) is 25.2. The lowest BCUT2D eigenvalue weighted by atomic mass is 10.1. The van der Waals surface area contributed by atoms with Gasteiger partial charge in [0.2, 0.25) is 5.91 Å². The first-order chi connectivity index (χ1) is 16.6. The van der Waals surface area contributed by atoms with Crippen LogP contribution in [0.1, 0.15) is 44.7 Å². The summed E-state index contributed by atoms with van der Waals surface area (Å²) in [6, 6.07) is 12.0. The van der Waals surface area contributed by atoms with Crippen molar-refractivity contribution in [2.75, 3.05) is 18.4 Å². The number of hydrogen-bond acceptors (Lipinski definition) is 4. The van der Waals surface area contributed by atoms with Crippen LogP contribution in [0.25, 0.3) is 6.08 Å². The Hall–Kier alpha value is -2.90. The molecule has 2 aromatic carbocycles. The average Bonchev–Trinajstić information content (AvgIpc) is 3.04. The van der Waals surface area contributed by atoms with Gasteiger partial charge < -0.3 is 9.64 Å². The Kier molecular flexibility index (Phi) is 7.47. The summed E-state index contributed by atoms with van der Waals surface area (Å²) >= 11 is 6.13. The molecule has 2 saturated heterocycles. The van der Waals surface area contributed by atoms with E-state index >= 15 is 0 Å². The number of benzene rings is 2. The highest BCUT2D eigenvalue weighted by Crippen LogP contribution is 2.32. The van der Waals surface area contributed by atoms with Crippen LogP contribution in [0.3, 0.4) is 0 Å². The topological polar surface area (TPSA) is 61.9 Å². The molecule has 8 heteroatoms. The maximum Gasteiger partial charge on any atom is 0.412 e. The number of hydrogen-bond donors (Lipinski definition) is 1. The Morgan fingerprint density at radius 3 is 2.40 bits per heavy atom. The van der Waals surface area contributed by atoms with Crippen LogP contribution < -0.4 is 5.32 Å². The molecule has 2 bridgehead atoms. The Morgan fingerprint density at radius 1 is 1.11 bits per heavy atom. The zero-order valence-corrected chi connectivity index (χ0v) is 21.0. The van der Waals surface area contributed by atoms with Crippen molar-refractivity contribution in [1.82, 2.24) is 9.80 Å². The summed E-state index contributed by atoms with van der Waals surface area (Å²) in [7, 11) is 0. The lowest BCUT2D eigenvalue weighted by Crippen LogP contribution is -2.55. The molecule has 35 heavy (non-hydrogen) atoms. The number of ether oxygens (including phenoxy) is 1. The Labute approximate surface area is 210 Å². The van der Waals surface area contributed by atoms with E-state index in [-0.39, 0.29) is 23.8 Å². The molecule has 0 aromatic heterocycles. The maximum atomic E-state index is 13.2. The minimum atomic E-state index is -0.632. The third kappa shape index (κ3) is 6.61. The predicted octanol–water partition coefficient (Wildman–Crippen LogP) is 5.71. The van der Waals surface area contributed by atoms with Crippen LogP contribution in [0.15, 0.2) is 48.5 Å². The molecule has 2 amide bonds. The SMILES string of the molecule is CC(C)(C)OC(=O)Nc1cc(Cl)ccc1C=CC(=O)N1C2CCC1CN(Cc1ccc(F)cc1)C2. The molecule has 2 fully saturated rings. The fraction of sp³-hybridized carbons (Fsp3) is 0.407. The lowest BCUT2D eigenvalue weighted by Gasteiger charge is -2.40. The number of nitrogens with one attached hydrogen (secondary N) is 1. The van der Waals surface area contributed by atoms with E-state index in [0.717, 1.165) is 38.0 Å². The zero-order valence-electron chi connectivity index (χ0n) is 20.3. The van der Waals surface area contributed by atoms with Crippen LogP contribution in [0.5, 0.6) is 0 Å². The highest BCUT2D eigenvalue weighted by molar-refractivity contribution is 6.31. The molecule has 0 radical (unpaired) electrons. The number of nitrogens with zero attached hydrogens (tertiary/aromatic N) is 2. The Bertz CT molecular complexity index is 1100. The Balaban J connectivity index is 1.41. The number of carbonyl (C=O) groups excluding carboxylic acids is 2. The van der Waals surface area contributed by atoms with Gasteiger partial charge in [0.15, 0.2) is 0 Å². The molecule has 2 aliphatic rings. The van der Waals surface area contributed by atoms with Gasteiger partial charge in [0.1, 0.15) is 11.4 Å². The van der Waals surface area contributed by atoms with Gasteiger partial charge in [-0.3, -0.25) is 15.0 Å². The smallest absolute Gasteiger partial charge is 0.412 e. The molecular formula is C27H31ClFN3O3. The van der Waals surface area contributed by atoms with Crippen molar-refractivity contribution in [3.8, 4) is 0 Å². The minimum absolute atomic E-state index is 0.0444. The van der Waals surface area contributed by atoms with Gasteiger partial charge in [-0.05, 0) is 75.1 Å². The molecule has 186 valence electrons. The number of amides is 2. The molecule has 6 nitrogen and oxygen atoms in total. The molecule has 2 aliphatic heterocycles. The highest BCUT2D eigenvalue weighted by Gasteiger charge is 2.41. The van der Waals surface area contributed by atoms with E-state index in [9.17, 15) is 14.0 Å². The number of fused-ring (bicyclic) bond motifs is 2. The van der Waals surface area contributed by atoms with Crippen LogP contribution in [-0.2, 0) is 16.1 Å². The maximum absolute atomic E-state index is 13.2. The molecular weight excluding hydrogens is 469 g/mol. The summed E-state index contributed by atoms with van der Waals surface area (Å²) in [5.74, 6) is -0.279. The summed E-state index contributed by atoms with van der Waals surface area (Å²) in [6.45, 7) is 7.70. The van der Waals surface area contributed by atoms with E-state index in [1.54, 1.807) is 51.1 Å². The molecule has 2 atom stereocenters. The first-order valence-corrected chi connectivity index (χ1v) is 12.2. The zero-order chi connectivity index (χ0) is 25.2. The number of piperazine rings is 1. The number of likely N-dealkylation sites (tertiary alicyclic amines) is 1. The largest absolute Gasteiger partial charge is 0.444 e. The van der Waals surface area contributed by atoms with Gasteiger partial charge in [0.25, 0.3) is 0 Å². The van der Waals surface area contributed by atoms with E-state index in [2.05, 4.69) is 10.2 Å². The fourth-order valence-corrected chi connectivity index (χ4v) is 4.94. The highest BCUT2D eigenvalue weighted by atomic mass is 35.5. The molecule has 0 spiro atoms. The van der Waals surface area contributed by atoms with Crippen molar-refractivity contribution in [2.45, 2.75) is 57.8 Å². The van der Waals surface area contributed by atoms with Gasteiger partial charge in [-0.2, -0.15) is 0 Å². The van der Waals surface area contributed by atoms with E-state index in [1.807, 2.05) is 17.0 Å². The lowest BCUT2D eigenvalue weighted by molar-refractivity contribution is -0.131. The number of anilines is 1. The van der Waals surface area contributed by atoms with Gasteiger partial charge in [-0.25, -0.2) is 9.18 Å². The van der Waals surface area contributed by atoms with Crippen LogP contribution >= 0.6 is 11.6 Å². The molecule has 4 rings (SSSR count). The van der Waals surface area contributed by atoms with Gasteiger partial charge in [0, 0.05) is 42.8 Å². The summed E-state index contributed by atoms with van der Waals surface area (Å²) in [6.07, 6.45) is 4.61. The third-order valence-electron chi connectivity index (χ3n) is 6.19. The van der Waals surface area contributed by atoms with Crippen molar-refractivity contribution in [3.63, 3.8) is 0 Å². The summed E-state index contributed by atoms with van der Waals surface area (Å²) in [5.41, 5.74) is 1.57. The monoisotopic (exact) mass is 499 g/mol. The second kappa shape index (κ2) is 10.4. The van der Waals surface area contributed by atoms with Crippen molar-refractivity contribution < 1.29 is 18.7 Å². The second-order valence-electron chi connectivity index (χ2n) is 10.1. The van der Waals surface area contributed by atoms with Gasteiger partial charge in [-0.15, -0.1) is 0 Å². The van der Waals surface area contributed by atoms with Crippen molar-refractivity contribution in [1.29, 1.82) is 0 Å². The predicted molar refractivity (Wildman–Crippen MR) is 136 cm³/mol. The average molecular weight is 500 g/mol. The molecule has 1 N–H and O–H groups in total. The van der Waals surface area contributed by atoms with Crippen molar-refractivity contribution in [3.05, 3.63) is 70.5 Å². The molecule has 2 aromatic rings. The number of halogens is 2. The molecule has 2 unspecified atom stereocenters. The number of carbonyl (C=O) groups is 2. The van der Waals surface area contributed by atoms with E-state index in [4.69, 9.17) is 16.3 Å². The van der Waals surface area contributed by atoms with Crippen LogP contribution in [0.2, 0.25) is 5.02 Å². The van der Waals surface area contributed by atoms with Crippen molar-refractivity contribution in [2.24, 2.45) is 0 Å². The standard InChI is InChI=1S/C27H31ClFN3O3/c1-27(2,3)35-26(34)30-24-14-20(28)8-6-19(24)7-13-25(33)32-22-11-12-23(32)17-31(16-22)15-18-4-9-21(29)10-5-18/h4-10,13-14,22-23H,11-12,15-17H2,1-3H3,(H,30,34). The van der Waals surface area contributed by atoms with Crippen LogP contribution in [0.4, 0.5) is 14.9 Å². The van der Waals surface area contributed by atoms with E-state index < -0.39 is 11.7 Å². The second-order valence-corrected chi connectivity index (χ2v) is 10.6. The normalized spacial score (nSPS) is 20.3. The van der Waals surface area contributed by atoms with Gasteiger partial charge in [-0.1, -0.05) is 29.8 Å². The molecule has 2 heterocycles. The molecule has 0 saturated carbocycles. The van der Waals surface area contributed by atoms with Crippen LogP contribution in [0, 0.1) is 5.82 Å². The van der Waals surface area contributed by atoms with E-state index in [1.165, 1.54) is 12.1 Å². The van der Waals surface area contributed by atoms with Gasteiger partial charge in [0.05, 0.1) is 5.69 Å². The summed E-state index contributed by atoms with van der Waals surface area (Å²) < 4.78 is 18.5. The van der Waals surface area contributed by atoms with Crippen LogP contribution in [-0.4, -0.2) is 52.6 Å². The summed E-state index contributed by atoms with van der Waals surface area (Å²) in [4.78, 5) is 29.7. The molecule has 0 aliphatic carbocycles. The minimum Gasteiger partial charge on any atom is -0.444 e. The summed E-state index contributed by atoms with van der Waals surface area (Å²) in [5, 5.41) is 3.19. The first-order valence-electron chi connectivity index (χ1n) is 11.8. The number of rotatable bonds is 5. The third-order valence-corrected chi connectivity index (χ3v) is 6.42. The Morgan fingerprint density at radius 2 is 1.77 bits per heavy atom.